The topological polar surface area (TPSA) is 201 Å². The molecular formula is C49H36N4O8. The normalized spacial score (nSPS) is 10.5. The fourth-order valence-electron chi connectivity index (χ4n) is 6.63. The van der Waals surface area contributed by atoms with Crippen LogP contribution in [0.25, 0.3) is 22.3 Å². The Balaban J connectivity index is 0.000000207. The van der Waals surface area contributed by atoms with Gasteiger partial charge in [-0.25, -0.2) is 19.2 Å². The molecule has 0 unspecified atom stereocenters. The van der Waals surface area contributed by atoms with Crippen molar-refractivity contribution in [3.05, 3.63) is 240 Å². The lowest BCUT2D eigenvalue weighted by Gasteiger charge is -2.37. The van der Waals surface area contributed by atoms with E-state index in [9.17, 15) is 39.6 Å². The fraction of sp³-hybridized carbons (Fsp3) is 0.0204. The van der Waals surface area contributed by atoms with Gasteiger partial charge < -0.3 is 20.4 Å². The van der Waals surface area contributed by atoms with Crippen molar-refractivity contribution in [1.29, 1.82) is 0 Å². The summed E-state index contributed by atoms with van der Waals surface area (Å²) in [5.74, 6) is -4.45. The number of aromatic carboxylic acids is 4. The number of carboxylic acids is 4. The van der Waals surface area contributed by atoms with E-state index >= 15 is 0 Å². The first kappa shape index (κ1) is 42.0. The predicted molar refractivity (Wildman–Crippen MR) is 228 cm³/mol. The van der Waals surface area contributed by atoms with E-state index in [1.54, 1.807) is 98.1 Å². The summed E-state index contributed by atoms with van der Waals surface area (Å²) in [6, 6.07) is 40.4. The van der Waals surface area contributed by atoms with Crippen LogP contribution in [0.5, 0.6) is 0 Å². The third-order valence-corrected chi connectivity index (χ3v) is 9.65. The Bertz CT molecular complexity index is 2320. The summed E-state index contributed by atoms with van der Waals surface area (Å²) in [4.78, 5) is 61.9. The van der Waals surface area contributed by atoms with Gasteiger partial charge in [-0.15, -0.1) is 0 Å². The monoisotopic (exact) mass is 808 g/mol. The molecule has 0 aliphatic carbocycles. The van der Waals surface area contributed by atoms with Crippen LogP contribution in [0.3, 0.4) is 0 Å². The van der Waals surface area contributed by atoms with E-state index in [1.165, 1.54) is 70.8 Å². The van der Waals surface area contributed by atoms with E-state index in [-0.39, 0.29) is 22.3 Å². The zero-order chi connectivity index (χ0) is 43.2. The summed E-state index contributed by atoms with van der Waals surface area (Å²) in [7, 11) is 0. The third-order valence-electron chi connectivity index (χ3n) is 9.65. The van der Waals surface area contributed by atoms with Crippen LogP contribution >= 0.6 is 0 Å². The third kappa shape index (κ3) is 10.1. The fourth-order valence-corrected chi connectivity index (χ4v) is 6.63. The highest BCUT2D eigenvalue weighted by atomic mass is 16.4. The van der Waals surface area contributed by atoms with E-state index in [2.05, 4.69) is 19.9 Å². The number of carboxylic acid groups (broad SMARTS) is 4. The average molecular weight is 809 g/mol. The van der Waals surface area contributed by atoms with Crippen LogP contribution in [-0.4, -0.2) is 64.2 Å². The molecule has 0 aliphatic heterocycles. The number of aromatic nitrogens is 4. The molecule has 12 nitrogen and oxygen atoms in total. The number of pyridine rings is 4. The first-order valence-corrected chi connectivity index (χ1v) is 18.5. The second kappa shape index (κ2) is 19.7. The minimum atomic E-state index is -1.18. The summed E-state index contributed by atoms with van der Waals surface area (Å²) < 4.78 is 0. The summed E-state index contributed by atoms with van der Waals surface area (Å²) in [6.07, 6.45) is 14.3. The standard InChI is InChI=1S/C29H20O8.2C10H8N2/c30-25(31)17-1-9-21(10-2-17)29(22-11-3-18(4-12-22)26(32)33,23-13-5-19(6-14-23)27(34)35)24-15-7-20(8-16-24)28(36)37;2*1-5-11-6-2-9(1)10-3-7-12-8-4-10/h1-16H,(H,30,31)(H,32,33)(H,34,35)(H,36,37);2*1-8H. The number of rotatable bonds is 10. The lowest BCUT2D eigenvalue weighted by Crippen LogP contribution is -2.31. The van der Waals surface area contributed by atoms with Crippen LogP contribution in [0, 0.1) is 0 Å². The molecule has 0 radical (unpaired) electrons. The molecule has 300 valence electrons. The molecule has 0 fully saturated rings. The molecule has 4 heterocycles. The smallest absolute Gasteiger partial charge is 0.335 e. The van der Waals surface area contributed by atoms with Crippen molar-refractivity contribution in [2.45, 2.75) is 5.41 Å². The van der Waals surface area contributed by atoms with Gasteiger partial charge in [0.15, 0.2) is 0 Å². The van der Waals surface area contributed by atoms with E-state index in [4.69, 9.17) is 0 Å². The van der Waals surface area contributed by atoms with Gasteiger partial charge in [0.2, 0.25) is 0 Å². The van der Waals surface area contributed by atoms with Gasteiger partial charge in [0.05, 0.1) is 27.7 Å². The maximum absolute atomic E-state index is 11.5. The van der Waals surface area contributed by atoms with Crippen molar-refractivity contribution in [3.63, 3.8) is 0 Å². The molecule has 12 heteroatoms. The number of carbonyl (C=O) groups is 4. The van der Waals surface area contributed by atoms with E-state index in [1.807, 2.05) is 48.5 Å². The minimum Gasteiger partial charge on any atom is -0.478 e. The summed E-state index contributed by atoms with van der Waals surface area (Å²) >= 11 is 0. The van der Waals surface area contributed by atoms with Gasteiger partial charge in [-0.2, -0.15) is 0 Å². The number of nitrogens with zero attached hydrogens (tertiary/aromatic N) is 4. The highest BCUT2D eigenvalue weighted by Crippen LogP contribution is 2.45. The zero-order valence-corrected chi connectivity index (χ0v) is 32.2. The Morgan fingerprint density at radius 3 is 0.590 bits per heavy atom. The van der Waals surface area contributed by atoms with Gasteiger partial charge >= 0.3 is 23.9 Å². The van der Waals surface area contributed by atoms with Crippen LogP contribution in [0.15, 0.2) is 195 Å². The van der Waals surface area contributed by atoms with Crippen molar-refractivity contribution in [2.75, 3.05) is 0 Å². The number of benzene rings is 4. The summed E-state index contributed by atoms with van der Waals surface area (Å²) in [6.45, 7) is 0. The highest BCUT2D eigenvalue weighted by Gasteiger charge is 2.39. The average Bonchev–Trinajstić information content (AvgIpc) is 3.31. The SMILES string of the molecule is O=C(O)c1ccc(C(c2ccc(C(=O)O)cc2)(c2ccc(C(=O)O)cc2)c2ccc(C(=O)O)cc2)cc1.c1cc(-c2ccncc2)ccn1.c1cc(-c2ccncc2)ccn1. The van der Waals surface area contributed by atoms with Crippen LogP contribution in [0.4, 0.5) is 0 Å². The molecule has 0 aliphatic rings. The largest absolute Gasteiger partial charge is 0.478 e. The van der Waals surface area contributed by atoms with Crippen molar-refractivity contribution in [2.24, 2.45) is 0 Å². The molecule has 0 spiro atoms. The van der Waals surface area contributed by atoms with Gasteiger partial charge in [-0.3, -0.25) is 19.9 Å². The molecule has 0 bridgehead atoms. The second-order valence-electron chi connectivity index (χ2n) is 13.2. The highest BCUT2D eigenvalue weighted by molar-refractivity contribution is 5.90. The van der Waals surface area contributed by atoms with Gasteiger partial charge in [0, 0.05) is 49.6 Å². The Kier molecular flexibility index (Phi) is 13.5. The van der Waals surface area contributed by atoms with Crippen LogP contribution in [-0.2, 0) is 5.41 Å². The molecule has 8 rings (SSSR count). The molecule has 0 amide bonds. The van der Waals surface area contributed by atoms with Gasteiger partial charge in [0.1, 0.15) is 0 Å². The summed E-state index contributed by atoms with van der Waals surface area (Å²) in [5, 5.41) is 37.6. The van der Waals surface area contributed by atoms with E-state index < -0.39 is 29.3 Å². The minimum absolute atomic E-state index is 0.0568. The van der Waals surface area contributed by atoms with Gasteiger partial charge in [0.25, 0.3) is 0 Å². The van der Waals surface area contributed by atoms with E-state index in [0.717, 1.165) is 0 Å². The number of hydrogen-bond donors (Lipinski definition) is 4. The molecule has 4 aromatic heterocycles. The van der Waals surface area contributed by atoms with Crippen LogP contribution < -0.4 is 0 Å². The van der Waals surface area contributed by atoms with Crippen molar-refractivity contribution in [1.82, 2.24) is 19.9 Å². The molecule has 0 saturated heterocycles. The Morgan fingerprint density at radius 2 is 0.443 bits per heavy atom. The second-order valence-corrected chi connectivity index (χ2v) is 13.2. The van der Waals surface area contributed by atoms with Crippen molar-refractivity contribution >= 4 is 23.9 Å². The van der Waals surface area contributed by atoms with Gasteiger partial charge in [-0.05, 0) is 142 Å². The van der Waals surface area contributed by atoms with Gasteiger partial charge in [-0.1, -0.05) is 48.5 Å². The molecular weight excluding hydrogens is 773 g/mol. The predicted octanol–water partition coefficient (Wildman–Crippen LogP) is 9.15. The Labute approximate surface area is 349 Å². The molecule has 8 aromatic rings. The van der Waals surface area contributed by atoms with Crippen LogP contribution in [0.1, 0.15) is 63.7 Å². The van der Waals surface area contributed by atoms with Crippen molar-refractivity contribution in [3.8, 4) is 22.3 Å². The first-order chi connectivity index (χ1) is 29.6. The molecule has 4 aromatic carbocycles. The van der Waals surface area contributed by atoms with Crippen LogP contribution in [0.2, 0.25) is 0 Å². The van der Waals surface area contributed by atoms with Crippen molar-refractivity contribution < 1.29 is 39.6 Å². The summed E-state index contributed by atoms with van der Waals surface area (Å²) in [5.41, 5.74) is 6.16. The molecule has 0 atom stereocenters. The van der Waals surface area contributed by atoms with E-state index in [0.29, 0.717) is 22.3 Å². The Hall–Kier alpha value is -8.64. The lowest BCUT2D eigenvalue weighted by atomic mass is 9.65. The molecule has 61 heavy (non-hydrogen) atoms. The maximum atomic E-state index is 11.5. The molecule has 4 N–H and O–H groups in total. The quantitative estimate of drug-likeness (QED) is 0.0956. The first-order valence-electron chi connectivity index (χ1n) is 18.5. The lowest BCUT2D eigenvalue weighted by molar-refractivity contribution is 0.0686. The maximum Gasteiger partial charge on any atom is 0.335 e. The Morgan fingerprint density at radius 1 is 0.279 bits per heavy atom. The number of hydrogen-bond acceptors (Lipinski definition) is 8. The molecule has 0 saturated carbocycles. The zero-order valence-electron chi connectivity index (χ0n) is 32.2.